The van der Waals surface area contributed by atoms with Gasteiger partial charge < -0.3 is 14.1 Å². The van der Waals surface area contributed by atoms with Gasteiger partial charge in [-0.15, -0.1) is 10.2 Å². The number of ether oxygens (including phenoxy) is 1. The average molecular weight is 419 g/mol. The fraction of sp³-hybridized carbons (Fsp3) is 0.400. The molecule has 148 valence electrons. The summed E-state index contributed by atoms with van der Waals surface area (Å²) in [6.07, 6.45) is 4.31. The summed E-state index contributed by atoms with van der Waals surface area (Å²) in [5, 5.41) is 10.3. The molecule has 1 fully saturated rings. The van der Waals surface area contributed by atoms with Crippen molar-refractivity contribution in [1.82, 2.24) is 19.7 Å². The molecule has 0 radical (unpaired) electrons. The second-order valence-corrected chi connectivity index (χ2v) is 8.20. The molecular weight excluding hydrogens is 396 g/mol. The van der Waals surface area contributed by atoms with Crippen LogP contribution in [0.1, 0.15) is 24.4 Å². The van der Waals surface area contributed by atoms with Gasteiger partial charge >= 0.3 is 0 Å². The molecule has 28 heavy (non-hydrogen) atoms. The van der Waals surface area contributed by atoms with Crippen LogP contribution in [0.2, 0.25) is 5.02 Å². The van der Waals surface area contributed by atoms with Crippen molar-refractivity contribution in [3.05, 3.63) is 59.3 Å². The molecule has 0 unspecified atom stereocenters. The first-order valence-electron chi connectivity index (χ1n) is 9.46. The molecule has 2 aromatic heterocycles. The summed E-state index contributed by atoms with van der Waals surface area (Å²) in [6, 6.07) is 11.2. The highest BCUT2D eigenvalue weighted by molar-refractivity contribution is 7.99. The summed E-state index contributed by atoms with van der Waals surface area (Å²) in [5.74, 6) is 3.39. The second-order valence-electron chi connectivity index (χ2n) is 6.70. The van der Waals surface area contributed by atoms with E-state index in [-0.39, 0.29) is 0 Å². The van der Waals surface area contributed by atoms with E-state index in [9.17, 15) is 0 Å². The molecule has 0 amide bonds. The fourth-order valence-electron chi connectivity index (χ4n) is 3.20. The van der Waals surface area contributed by atoms with Crippen LogP contribution in [0.3, 0.4) is 0 Å². The molecule has 1 saturated heterocycles. The lowest BCUT2D eigenvalue weighted by atomic mass is 10.3. The summed E-state index contributed by atoms with van der Waals surface area (Å²) in [7, 11) is 0. The van der Waals surface area contributed by atoms with Crippen molar-refractivity contribution in [2.45, 2.75) is 31.1 Å². The molecule has 0 atom stereocenters. The molecule has 4 rings (SSSR count). The monoisotopic (exact) mass is 418 g/mol. The van der Waals surface area contributed by atoms with E-state index in [4.69, 9.17) is 20.8 Å². The van der Waals surface area contributed by atoms with Gasteiger partial charge in [0.1, 0.15) is 18.1 Å². The molecule has 1 aliphatic heterocycles. The van der Waals surface area contributed by atoms with Crippen LogP contribution in [0.15, 0.2) is 52.2 Å². The Kier molecular flexibility index (Phi) is 6.57. The minimum atomic E-state index is 0.335. The van der Waals surface area contributed by atoms with E-state index in [0.717, 1.165) is 34.8 Å². The van der Waals surface area contributed by atoms with Gasteiger partial charge in [-0.2, -0.15) is 0 Å². The standard InChI is InChI=1S/C20H23ClN4O2S/c21-16-5-7-17(8-6-16)27-15-19-22-23-20(25(19)14-18-4-3-12-26-18)28-13-11-24-9-1-2-10-24/h3-8,12H,1-2,9-11,13-15H2. The average Bonchev–Trinajstić information content (AvgIpc) is 3.46. The van der Waals surface area contributed by atoms with Crippen molar-refractivity contribution >= 4 is 23.4 Å². The number of hydrogen-bond donors (Lipinski definition) is 0. The van der Waals surface area contributed by atoms with Crippen LogP contribution in [0.4, 0.5) is 0 Å². The number of thioether (sulfide) groups is 1. The fourth-order valence-corrected chi connectivity index (χ4v) is 4.28. The highest BCUT2D eigenvalue weighted by atomic mass is 35.5. The molecule has 1 aromatic carbocycles. The quantitative estimate of drug-likeness (QED) is 0.482. The van der Waals surface area contributed by atoms with Crippen molar-refractivity contribution in [3.63, 3.8) is 0 Å². The van der Waals surface area contributed by atoms with E-state index in [0.29, 0.717) is 18.2 Å². The maximum atomic E-state index is 5.93. The first-order valence-corrected chi connectivity index (χ1v) is 10.8. The Morgan fingerprint density at radius 3 is 2.68 bits per heavy atom. The third-order valence-corrected chi connectivity index (χ3v) is 5.91. The zero-order chi connectivity index (χ0) is 19.2. The van der Waals surface area contributed by atoms with Gasteiger partial charge in [-0.25, -0.2) is 0 Å². The minimum absolute atomic E-state index is 0.335. The molecule has 1 aliphatic rings. The molecule has 0 saturated carbocycles. The Morgan fingerprint density at radius 2 is 1.93 bits per heavy atom. The van der Waals surface area contributed by atoms with Gasteiger partial charge in [-0.05, 0) is 62.3 Å². The molecule has 0 aliphatic carbocycles. The van der Waals surface area contributed by atoms with Crippen LogP contribution in [0.5, 0.6) is 5.75 Å². The Balaban J connectivity index is 1.43. The van der Waals surface area contributed by atoms with Crippen LogP contribution in [0, 0.1) is 0 Å². The van der Waals surface area contributed by atoms with Gasteiger partial charge in [-0.1, -0.05) is 23.4 Å². The Bertz CT molecular complexity index is 861. The van der Waals surface area contributed by atoms with E-state index in [2.05, 4.69) is 19.7 Å². The highest BCUT2D eigenvalue weighted by Crippen LogP contribution is 2.22. The van der Waals surface area contributed by atoms with Gasteiger partial charge in [-0.3, -0.25) is 4.57 Å². The smallest absolute Gasteiger partial charge is 0.191 e. The largest absolute Gasteiger partial charge is 0.486 e. The summed E-state index contributed by atoms with van der Waals surface area (Å²) < 4.78 is 13.5. The van der Waals surface area contributed by atoms with Crippen LogP contribution >= 0.6 is 23.4 Å². The molecule has 6 nitrogen and oxygen atoms in total. The van der Waals surface area contributed by atoms with Gasteiger partial charge in [0.15, 0.2) is 11.0 Å². The van der Waals surface area contributed by atoms with E-state index < -0.39 is 0 Å². The number of nitrogens with zero attached hydrogens (tertiary/aromatic N) is 4. The lowest BCUT2D eigenvalue weighted by molar-refractivity contribution is 0.287. The van der Waals surface area contributed by atoms with Crippen LogP contribution in [-0.4, -0.2) is 45.1 Å². The molecule has 3 aromatic rings. The maximum absolute atomic E-state index is 5.93. The molecule has 0 N–H and O–H groups in total. The maximum Gasteiger partial charge on any atom is 0.191 e. The number of furan rings is 1. The highest BCUT2D eigenvalue weighted by Gasteiger charge is 2.16. The van der Waals surface area contributed by atoms with Gasteiger partial charge in [0.25, 0.3) is 0 Å². The van der Waals surface area contributed by atoms with E-state index >= 15 is 0 Å². The summed E-state index contributed by atoms with van der Waals surface area (Å²) in [4.78, 5) is 2.50. The lowest BCUT2D eigenvalue weighted by Crippen LogP contribution is -2.22. The molecule has 0 spiro atoms. The SMILES string of the molecule is Clc1ccc(OCc2nnc(SCCN3CCCC3)n2Cc2ccco2)cc1. The predicted octanol–water partition coefficient (Wildman–Crippen LogP) is 4.34. The molecular formula is C20H23ClN4O2S. The summed E-state index contributed by atoms with van der Waals surface area (Å²) in [6.45, 7) is 4.42. The normalized spacial score (nSPS) is 14.6. The predicted molar refractivity (Wildman–Crippen MR) is 110 cm³/mol. The van der Waals surface area contributed by atoms with Crippen molar-refractivity contribution in [3.8, 4) is 5.75 Å². The summed E-state index contributed by atoms with van der Waals surface area (Å²) in [5.41, 5.74) is 0. The molecule has 3 heterocycles. The third kappa shape index (κ3) is 5.10. The Hall–Kier alpha value is -1.96. The number of hydrogen-bond acceptors (Lipinski definition) is 6. The molecule has 0 bridgehead atoms. The van der Waals surface area contributed by atoms with Crippen molar-refractivity contribution in [1.29, 1.82) is 0 Å². The van der Waals surface area contributed by atoms with Crippen molar-refractivity contribution in [2.24, 2.45) is 0 Å². The Morgan fingerprint density at radius 1 is 1.11 bits per heavy atom. The minimum Gasteiger partial charge on any atom is -0.486 e. The van der Waals surface area contributed by atoms with Crippen molar-refractivity contribution < 1.29 is 9.15 Å². The van der Waals surface area contributed by atoms with Crippen LogP contribution < -0.4 is 4.74 Å². The van der Waals surface area contributed by atoms with Gasteiger partial charge in [0.2, 0.25) is 0 Å². The number of likely N-dealkylation sites (tertiary alicyclic amines) is 1. The van der Waals surface area contributed by atoms with Gasteiger partial charge in [0.05, 0.1) is 12.8 Å². The van der Waals surface area contributed by atoms with Crippen LogP contribution in [0.25, 0.3) is 0 Å². The lowest BCUT2D eigenvalue weighted by Gasteiger charge is -2.14. The number of halogens is 1. The number of benzene rings is 1. The zero-order valence-corrected chi connectivity index (χ0v) is 17.2. The van der Waals surface area contributed by atoms with E-state index in [1.54, 1.807) is 18.0 Å². The van der Waals surface area contributed by atoms with Crippen molar-refractivity contribution in [2.75, 3.05) is 25.4 Å². The first kappa shape index (κ1) is 19.4. The first-order chi connectivity index (χ1) is 13.8. The number of rotatable bonds is 9. The zero-order valence-electron chi connectivity index (χ0n) is 15.6. The third-order valence-electron chi connectivity index (χ3n) is 4.71. The van der Waals surface area contributed by atoms with E-state index in [1.807, 2.05) is 36.4 Å². The second kappa shape index (κ2) is 9.49. The van der Waals surface area contributed by atoms with Crippen LogP contribution in [-0.2, 0) is 13.2 Å². The Labute approximate surface area is 173 Å². The molecule has 8 heteroatoms. The number of aromatic nitrogens is 3. The summed E-state index contributed by atoms with van der Waals surface area (Å²) >= 11 is 7.67. The topological polar surface area (TPSA) is 56.3 Å². The van der Waals surface area contributed by atoms with Gasteiger partial charge in [0, 0.05) is 17.3 Å². The van der Waals surface area contributed by atoms with E-state index in [1.165, 1.54) is 25.9 Å².